The average Bonchev–Trinajstić information content (AvgIpc) is 3.09. The fraction of sp³-hybridized carbons (Fsp3) is 0. The molecule has 1 aromatic heterocycles. The minimum atomic E-state index is -0.103. The Bertz CT molecular complexity index is 2640. The van der Waals surface area contributed by atoms with E-state index >= 15 is 0 Å². The van der Waals surface area contributed by atoms with Crippen molar-refractivity contribution in [2.24, 2.45) is 0 Å². The lowest BCUT2D eigenvalue weighted by Crippen LogP contribution is -2.01. The molecule has 0 atom stereocenters. The summed E-state index contributed by atoms with van der Waals surface area (Å²) < 4.78 is 0. The molecule has 0 aliphatic rings. The molecule has 0 bridgehead atoms. The first-order valence-corrected chi connectivity index (χ1v) is 15.2. The van der Waals surface area contributed by atoms with E-state index in [1.807, 2.05) is 0 Å². The number of aromatic nitrogens is 3. The number of hydrogen-bond donors (Lipinski definition) is 2. The molecule has 0 spiro atoms. The number of benzene rings is 9. The van der Waals surface area contributed by atoms with Gasteiger partial charge >= 0.3 is 0 Å². The maximum atomic E-state index is 10.9. The van der Waals surface area contributed by atoms with Crippen molar-refractivity contribution in [3.63, 3.8) is 0 Å². The smallest absolute Gasteiger partial charge is 0.167 e. The van der Waals surface area contributed by atoms with E-state index < -0.39 is 0 Å². The predicted octanol–water partition coefficient (Wildman–Crippen LogP) is 10.1. The van der Waals surface area contributed by atoms with Crippen LogP contribution in [0.15, 0.2) is 127 Å². The largest absolute Gasteiger partial charge is 0.508 e. The van der Waals surface area contributed by atoms with Crippen molar-refractivity contribution in [3.05, 3.63) is 127 Å². The highest BCUT2D eigenvalue weighted by molar-refractivity contribution is 6.26. The van der Waals surface area contributed by atoms with Gasteiger partial charge in [-0.25, -0.2) is 15.0 Å². The van der Waals surface area contributed by atoms with Gasteiger partial charge in [-0.15, -0.1) is 0 Å². The van der Waals surface area contributed by atoms with Crippen LogP contribution in [0.5, 0.6) is 11.5 Å². The molecular weight excluding hydrogens is 566 g/mol. The molecule has 9 aromatic carbocycles. The highest BCUT2D eigenvalue weighted by Gasteiger charge is 2.20. The first-order valence-electron chi connectivity index (χ1n) is 15.2. The Labute approximate surface area is 262 Å². The van der Waals surface area contributed by atoms with Gasteiger partial charge in [0.2, 0.25) is 0 Å². The third kappa shape index (κ3) is 3.48. The molecule has 0 amide bonds. The monoisotopic (exact) mass is 589 g/mol. The maximum Gasteiger partial charge on any atom is 0.167 e. The Morgan fingerprint density at radius 3 is 1.17 bits per heavy atom. The van der Waals surface area contributed by atoms with Gasteiger partial charge in [0.05, 0.1) is 5.56 Å². The molecule has 0 saturated heterocycles. The summed E-state index contributed by atoms with van der Waals surface area (Å²) in [5.74, 6) is 1.21. The van der Waals surface area contributed by atoms with E-state index in [1.165, 1.54) is 55.2 Å². The second-order valence-corrected chi connectivity index (χ2v) is 11.9. The minimum absolute atomic E-state index is 0.0330. The van der Waals surface area contributed by atoms with Crippen molar-refractivity contribution >= 4 is 64.6 Å². The van der Waals surface area contributed by atoms with Crippen LogP contribution in [0.25, 0.3) is 98.8 Å². The van der Waals surface area contributed by atoms with Crippen molar-refractivity contribution < 1.29 is 10.2 Å². The number of aromatic hydroxyl groups is 2. The summed E-state index contributed by atoms with van der Waals surface area (Å²) in [6, 6.07) is 42.9. The lowest BCUT2D eigenvalue weighted by Gasteiger charge is -2.16. The normalized spacial score (nSPS) is 12.1. The zero-order chi connectivity index (χ0) is 30.5. The quantitative estimate of drug-likeness (QED) is 0.201. The predicted molar refractivity (Wildman–Crippen MR) is 187 cm³/mol. The first kappa shape index (κ1) is 25.0. The van der Waals surface area contributed by atoms with Crippen LogP contribution in [-0.4, -0.2) is 25.2 Å². The zero-order valence-corrected chi connectivity index (χ0v) is 24.4. The Balaban J connectivity index is 1.29. The number of phenolic OH excluding ortho intramolecular Hbond substituents is 2. The molecule has 0 aliphatic heterocycles. The van der Waals surface area contributed by atoms with Crippen molar-refractivity contribution in [3.8, 4) is 45.7 Å². The van der Waals surface area contributed by atoms with Crippen LogP contribution in [0.2, 0.25) is 0 Å². The Morgan fingerprint density at radius 2 is 0.717 bits per heavy atom. The number of rotatable bonds is 3. The molecule has 214 valence electrons. The van der Waals surface area contributed by atoms with Crippen molar-refractivity contribution in [1.29, 1.82) is 0 Å². The fourth-order valence-electron chi connectivity index (χ4n) is 7.31. The third-order valence-electron chi connectivity index (χ3n) is 9.40. The van der Waals surface area contributed by atoms with Crippen LogP contribution in [-0.2, 0) is 0 Å². The molecule has 0 saturated carbocycles. The lowest BCUT2D eigenvalue weighted by molar-refractivity contribution is 0.451. The SMILES string of the molecule is Oc1ccc(-c2nc(-c3ccc4ccc5cccc6ccc3c4c56)nc(-c3ccc4ccc5cccc6ccc3c4c56)n2)c(O)c1. The molecule has 46 heavy (non-hydrogen) atoms. The van der Waals surface area contributed by atoms with Gasteiger partial charge in [-0.1, -0.05) is 97.1 Å². The van der Waals surface area contributed by atoms with Gasteiger partial charge in [-0.05, 0) is 88.9 Å². The molecular formula is C41H23N3O2. The summed E-state index contributed by atoms with van der Waals surface area (Å²) in [7, 11) is 0. The molecule has 10 rings (SSSR count). The summed E-state index contributed by atoms with van der Waals surface area (Å²) in [4.78, 5) is 15.1. The Kier molecular flexibility index (Phi) is 4.95. The average molecular weight is 590 g/mol. The van der Waals surface area contributed by atoms with Crippen molar-refractivity contribution in [2.75, 3.05) is 0 Å². The topological polar surface area (TPSA) is 79.1 Å². The number of nitrogens with zero attached hydrogens (tertiary/aromatic N) is 3. The van der Waals surface area contributed by atoms with E-state index in [1.54, 1.807) is 6.07 Å². The third-order valence-corrected chi connectivity index (χ3v) is 9.40. The second-order valence-electron chi connectivity index (χ2n) is 11.9. The summed E-state index contributed by atoms with van der Waals surface area (Å²) in [5, 5.41) is 34.9. The standard InChI is InChI=1S/C41H23N3O2/c45-28-15-20-33(34(46)21-28)41-43-39(31-18-13-26-9-7-22-3-1-5-24-11-16-29(31)37(26)35(22)24)42-40(44-41)32-19-14-27-10-8-23-4-2-6-25-12-17-30(32)38(27)36(23)25/h1-21,45-46H. The fourth-order valence-corrected chi connectivity index (χ4v) is 7.31. The van der Waals surface area contributed by atoms with Crippen LogP contribution in [0.1, 0.15) is 0 Å². The molecule has 1 heterocycles. The number of hydrogen-bond acceptors (Lipinski definition) is 5. The molecule has 5 nitrogen and oxygen atoms in total. The molecule has 5 heteroatoms. The van der Waals surface area contributed by atoms with E-state index in [-0.39, 0.29) is 11.5 Å². The van der Waals surface area contributed by atoms with Crippen LogP contribution in [0.3, 0.4) is 0 Å². The van der Waals surface area contributed by atoms with E-state index in [0.29, 0.717) is 23.0 Å². The van der Waals surface area contributed by atoms with Gasteiger partial charge in [-0.3, -0.25) is 0 Å². The van der Waals surface area contributed by atoms with E-state index in [9.17, 15) is 10.2 Å². The van der Waals surface area contributed by atoms with Crippen molar-refractivity contribution in [1.82, 2.24) is 15.0 Å². The van der Waals surface area contributed by atoms with E-state index in [4.69, 9.17) is 15.0 Å². The molecule has 0 unspecified atom stereocenters. The van der Waals surface area contributed by atoms with Crippen LogP contribution in [0, 0.1) is 0 Å². The van der Waals surface area contributed by atoms with Crippen LogP contribution >= 0.6 is 0 Å². The molecule has 2 N–H and O–H groups in total. The van der Waals surface area contributed by atoms with Gasteiger partial charge < -0.3 is 10.2 Å². The van der Waals surface area contributed by atoms with Crippen molar-refractivity contribution in [2.45, 2.75) is 0 Å². The Hall–Kier alpha value is -6.33. The van der Waals surface area contributed by atoms with Crippen LogP contribution < -0.4 is 0 Å². The molecule has 0 aliphatic carbocycles. The lowest BCUT2D eigenvalue weighted by atomic mass is 9.91. The maximum absolute atomic E-state index is 10.9. The molecule has 10 aromatic rings. The summed E-state index contributed by atoms with van der Waals surface area (Å²) in [6.07, 6.45) is 0. The van der Waals surface area contributed by atoms with Gasteiger partial charge in [0.25, 0.3) is 0 Å². The number of phenols is 2. The summed E-state index contributed by atoms with van der Waals surface area (Å²) in [5.41, 5.74) is 2.18. The van der Waals surface area contributed by atoms with Gasteiger partial charge in [0.15, 0.2) is 17.5 Å². The first-order chi connectivity index (χ1) is 22.6. The Morgan fingerprint density at radius 1 is 0.348 bits per heavy atom. The molecule has 0 radical (unpaired) electrons. The second kappa shape index (κ2) is 9.10. The van der Waals surface area contributed by atoms with E-state index in [0.717, 1.165) is 32.7 Å². The van der Waals surface area contributed by atoms with Gasteiger partial charge in [0.1, 0.15) is 11.5 Å². The van der Waals surface area contributed by atoms with Crippen LogP contribution in [0.4, 0.5) is 0 Å². The van der Waals surface area contributed by atoms with E-state index in [2.05, 4.69) is 109 Å². The molecule has 0 fully saturated rings. The van der Waals surface area contributed by atoms with Gasteiger partial charge in [-0.2, -0.15) is 0 Å². The minimum Gasteiger partial charge on any atom is -0.508 e. The van der Waals surface area contributed by atoms with Gasteiger partial charge in [0, 0.05) is 17.2 Å². The zero-order valence-electron chi connectivity index (χ0n) is 24.4. The summed E-state index contributed by atoms with van der Waals surface area (Å²) in [6.45, 7) is 0. The summed E-state index contributed by atoms with van der Waals surface area (Å²) >= 11 is 0. The highest BCUT2D eigenvalue weighted by atomic mass is 16.3. The highest BCUT2D eigenvalue weighted by Crippen LogP contribution is 2.42.